The molecule has 0 aromatic carbocycles. The Morgan fingerprint density at radius 2 is 1.47 bits per heavy atom. The fourth-order valence-corrected chi connectivity index (χ4v) is 7.98. The molecule has 0 N–H and O–H groups in total. The Morgan fingerprint density at radius 3 is 2.35 bits per heavy atom. The molecule has 0 nitrogen and oxygen atoms in total. The molecule has 0 radical (unpaired) electrons. The molecule has 9 atom stereocenters. The van der Waals surface area contributed by atoms with Crippen LogP contribution in [0.25, 0.3) is 0 Å². The highest BCUT2D eigenvalue weighted by Crippen LogP contribution is 2.76. The summed E-state index contributed by atoms with van der Waals surface area (Å²) in [7, 11) is 0. The topological polar surface area (TPSA) is 0 Å². The third-order valence-electron chi connectivity index (χ3n) is 8.61. The van der Waals surface area contributed by atoms with Gasteiger partial charge in [-0.05, 0) is 91.3 Å². The molecule has 7 aliphatic rings. The van der Waals surface area contributed by atoms with Crippen LogP contribution in [0.3, 0.4) is 0 Å². The minimum absolute atomic E-state index is 0.810. The molecule has 0 aromatic heterocycles. The van der Waals surface area contributed by atoms with Crippen molar-refractivity contribution < 1.29 is 0 Å². The molecule has 0 saturated heterocycles. The van der Waals surface area contributed by atoms with E-state index in [4.69, 9.17) is 0 Å². The summed E-state index contributed by atoms with van der Waals surface area (Å²) in [6.45, 7) is 5.35. The number of hydrogen-bond acceptors (Lipinski definition) is 0. The molecule has 0 aliphatic heterocycles. The largest absolute Gasteiger partial charge is 0.0620 e. The normalized spacial score (nSPS) is 70.9. The average molecular weight is 230 g/mol. The zero-order valence-corrected chi connectivity index (χ0v) is 11.4. The molecule has 0 spiro atoms. The van der Waals surface area contributed by atoms with Gasteiger partial charge in [-0.3, -0.25) is 0 Å². The van der Waals surface area contributed by atoms with Crippen LogP contribution in [0.15, 0.2) is 0 Å². The number of rotatable bonds is 0. The van der Waals surface area contributed by atoms with Gasteiger partial charge in [0.25, 0.3) is 0 Å². The lowest BCUT2D eigenvalue weighted by Crippen LogP contribution is -2.46. The highest BCUT2D eigenvalue weighted by atomic mass is 14.7. The lowest BCUT2D eigenvalue weighted by Gasteiger charge is -2.52. The molecule has 7 saturated carbocycles. The van der Waals surface area contributed by atoms with Crippen LogP contribution in [0.5, 0.6) is 0 Å². The van der Waals surface area contributed by atoms with E-state index in [2.05, 4.69) is 13.8 Å². The summed E-state index contributed by atoms with van der Waals surface area (Å²) in [5.74, 6) is 9.07. The lowest BCUT2D eigenvalue weighted by atomic mass is 9.53. The van der Waals surface area contributed by atoms with Crippen molar-refractivity contribution in [3.8, 4) is 0 Å². The fourth-order valence-electron chi connectivity index (χ4n) is 7.98. The van der Waals surface area contributed by atoms with Crippen molar-refractivity contribution in [2.24, 2.45) is 52.8 Å². The highest BCUT2D eigenvalue weighted by Gasteiger charge is 2.69. The van der Waals surface area contributed by atoms with E-state index in [9.17, 15) is 0 Å². The van der Waals surface area contributed by atoms with Gasteiger partial charge in [0.2, 0.25) is 0 Å². The third-order valence-corrected chi connectivity index (χ3v) is 8.61. The van der Waals surface area contributed by atoms with Crippen LogP contribution < -0.4 is 0 Å². The summed E-state index contributed by atoms with van der Waals surface area (Å²) in [6, 6.07) is 0. The van der Waals surface area contributed by atoms with Crippen molar-refractivity contribution in [2.75, 3.05) is 0 Å². The van der Waals surface area contributed by atoms with Gasteiger partial charge >= 0.3 is 0 Å². The zero-order valence-electron chi connectivity index (χ0n) is 11.4. The first kappa shape index (κ1) is 9.87. The second-order valence-electron chi connectivity index (χ2n) is 8.51. The minimum atomic E-state index is 0.810. The predicted molar refractivity (Wildman–Crippen MR) is 69.4 cm³/mol. The van der Waals surface area contributed by atoms with Crippen molar-refractivity contribution in [1.29, 1.82) is 0 Å². The molecule has 8 bridgehead atoms. The summed E-state index contributed by atoms with van der Waals surface area (Å²) < 4.78 is 0. The van der Waals surface area contributed by atoms with E-state index in [1.807, 2.05) is 0 Å². The van der Waals surface area contributed by atoms with Crippen LogP contribution in [-0.4, -0.2) is 0 Å². The Labute approximate surface area is 106 Å². The van der Waals surface area contributed by atoms with Crippen molar-refractivity contribution in [3.05, 3.63) is 0 Å². The van der Waals surface area contributed by atoms with E-state index in [1.54, 1.807) is 38.5 Å². The van der Waals surface area contributed by atoms with E-state index >= 15 is 0 Å². The predicted octanol–water partition coefficient (Wildman–Crippen LogP) is 4.35. The fraction of sp³-hybridized carbons (Fsp3) is 1.00. The summed E-state index contributed by atoms with van der Waals surface area (Å²) in [5.41, 5.74) is 0.810. The molecule has 7 fully saturated rings. The van der Waals surface area contributed by atoms with E-state index in [0.717, 1.165) is 46.8 Å². The molecule has 94 valence electrons. The summed E-state index contributed by atoms with van der Waals surface area (Å²) in [4.78, 5) is 0. The minimum Gasteiger partial charge on any atom is -0.0620 e. The van der Waals surface area contributed by atoms with E-state index in [-0.39, 0.29) is 0 Å². The number of fused-ring (bicyclic) bond motifs is 1. The van der Waals surface area contributed by atoms with Gasteiger partial charge in [-0.25, -0.2) is 0 Å². The van der Waals surface area contributed by atoms with Crippen LogP contribution >= 0.6 is 0 Å². The van der Waals surface area contributed by atoms with E-state index < -0.39 is 0 Å². The summed E-state index contributed by atoms with van der Waals surface area (Å²) in [5, 5.41) is 0. The molecule has 17 heavy (non-hydrogen) atoms. The van der Waals surface area contributed by atoms with Gasteiger partial charge in [0.15, 0.2) is 0 Å². The van der Waals surface area contributed by atoms with Crippen molar-refractivity contribution >= 4 is 0 Å². The van der Waals surface area contributed by atoms with Crippen LogP contribution in [0, 0.1) is 52.8 Å². The van der Waals surface area contributed by atoms with Gasteiger partial charge in [0, 0.05) is 0 Å². The van der Waals surface area contributed by atoms with Gasteiger partial charge in [-0.15, -0.1) is 0 Å². The Morgan fingerprint density at radius 1 is 0.824 bits per heavy atom. The van der Waals surface area contributed by atoms with Crippen molar-refractivity contribution in [1.82, 2.24) is 0 Å². The first-order valence-electron chi connectivity index (χ1n) is 8.19. The maximum Gasteiger partial charge on any atom is -0.0235 e. The zero-order chi connectivity index (χ0) is 11.4. The van der Waals surface area contributed by atoms with Gasteiger partial charge < -0.3 is 0 Å². The Bertz CT molecular complexity index is 372. The standard InChI is InChI=1S/C17H26/c1-9-10-3-4-11-6-12(5-10)17(2)13-7-14(9)15(8-13)16(11)17/h9-16H,3-8H2,1-2H3. The van der Waals surface area contributed by atoms with Crippen LogP contribution in [0.1, 0.15) is 52.4 Å². The smallest absolute Gasteiger partial charge is 0.0235 e. The molecule has 7 aliphatic carbocycles. The Hall–Kier alpha value is 0. The lowest BCUT2D eigenvalue weighted by molar-refractivity contribution is -0.0390. The first-order chi connectivity index (χ1) is 8.19. The van der Waals surface area contributed by atoms with Gasteiger partial charge in [-0.2, -0.15) is 0 Å². The molecular weight excluding hydrogens is 204 g/mol. The monoisotopic (exact) mass is 230 g/mol. The molecular formula is C17H26. The maximum absolute atomic E-state index is 2.72. The maximum atomic E-state index is 2.72. The Balaban J connectivity index is 1.73. The quantitative estimate of drug-likeness (QED) is 0.580. The molecule has 0 amide bonds. The third kappa shape index (κ3) is 0.901. The summed E-state index contributed by atoms with van der Waals surface area (Å²) in [6.07, 6.45) is 9.69. The molecule has 7 rings (SSSR count). The van der Waals surface area contributed by atoms with Crippen molar-refractivity contribution in [2.45, 2.75) is 52.4 Å². The molecule has 0 heteroatoms. The van der Waals surface area contributed by atoms with Gasteiger partial charge in [0.1, 0.15) is 0 Å². The highest BCUT2D eigenvalue weighted by molar-refractivity contribution is 5.18. The second kappa shape index (κ2) is 2.78. The van der Waals surface area contributed by atoms with Crippen LogP contribution in [-0.2, 0) is 0 Å². The molecule has 0 heterocycles. The van der Waals surface area contributed by atoms with Gasteiger partial charge in [-0.1, -0.05) is 13.8 Å². The van der Waals surface area contributed by atoms with Crippen molar-refractivity contribution in [3.63, 3.8) is 0 Å². The van der Waals surface area contributed by atoms with E-state index in [0.29, 0.717) is 0 Å². The van der Waals surface area contributed by atoms with Gasteiger partial charge in [0.05, 0.1) is 0 Å². The van der Waals surface area contributed by atoms with E-state index in [1.165, 1.54) is 5.92 Å². The average Bonchev–Trinajstić information content (AvgIpc) is 2.83. The molecule has 9 unspecified atom stereocenters. The first-order valence-corrected chi connectivity index (χ1v) is 8.19. The molecule has 0 aromatic rings. The summed E-state index contributed by atoms with van der Waals surface area (Å²) >= 11 is 0. The SMILES string of the molecule is CC1C2CCC3CC(C2)C2(C)C4CC1C(C4)C32. The van der Waals surface area contributed by atoms with Crippen LogP contribution in [0.4, 0.5) is 0 Å². The van der Waals surface area contributed by atoms with Crippen LogP contribution in [0.2, 0.25) is 0 Å². The Kier molecular flexibility index (Phi) is 1.61. The second-order valence-corrected chi connectivity index (χ2v) is 8.51. The number of hydrogen-bond donors (Lipinski definition) is 0.